The molecule has 0 heterocycles. The second-order valence-electron chi connectivity index (χ2n) is 8.83. The first-order valence-electron chi connectivity index (χ1n) is 8.96. The highest BCUT2D eigenvalue weighted by atomic mass is 16.3. The van der Waals surface area contributed by atoms with Gasteiger partial charge in [0.1, 0.15) is 0 Å². The predicted molar refractivity (Wildman–Crippen MR) is 84.1 cm³/mol. The van der Waals surface area contributed by atoms with Crippen LogP contribution in [0.3, 0.4) is 0 Å². The van der Waals surface area contributed by atoms with Gasteiger partial charge in [-0.15, -0.1) is 0 Å². The lowest BCUT2D eigenvalue weighted by atomic mass is 9.47. The Bertz CT molecular complexity index is 539. The highest BCUT2D eigenvalue weighted by Crippen LogP contribution is 2.65. The zero-order chi connectivity index (χ0) is 15.7. The topological polar surface area (TPSA) is 57.5 Å². The first-order chi connectivity index (χ1) is 10.3. The molecule has 2 N–H and O–H groups in total. The summed E-state index contributed by atoms with van der Waals surface area (Å²) in [5.74, 6) is 1.42. The summed E-state index contributed by atoms with van der Waals surface area (Å²) in [6.07, 6.45) is 7.65. The first kappa shape index (κ1) is 14.9. The fourth-order valence-electron chi connectivity index (χ4n) is 6.63. The highest BCUT2D eigenvalue weighted by Gasteiger charge is 2.60. The lowest BCUT2D eigenvalue weighted by Crippen LogP contribution is -2.54. The molecule has 3 heteroatoms. The van der Waals surface area contributed by atoms with Gasteiger partial charge < -0.3 is 10.2 Å². The number of carbonyl (C=O) groups is 1. The van der Waals surface area contributed by atoms with Crippen LogP contribution in [-0.4, -0.2) is 28.2 Å². The van der Waals surface area contributed by atoms with Gasteiger partial charge in [-0.3, -0.25) is 4.79 Å². The molecule has 0 bridgehead atoms. The van der Waals surface area contributed by atoms with E-state index in [0.717, 1.165) is 31.3 Å². The summed E-state index contributed by atoms with van der Waals surface area (Å²) in [5, 5.41) is 21.3. The van der Waals surface area contributed by atoms with Gasteiger partial charge in [0.25, 0.3) is 0 Å². The standard InChI is InChI=1S/C19H28O3/c1-18-6-4-13-12(17(18)15(21)5-7-18)10-16(22)14-9-11(20)3-8-19(13,14)2/h9,12-13,15-17,21-22H,3-8,10H2,1-2H3/t12-,13+,15+,16-,17-,18-,19-/m1/s1. The predicted octanol–water partition coefficient (Wildman–Crippen LogP) is 2.85. The van der Waals surface area contributed by atoms with Crippen molar-refractivity contribution in [2.45, 2.75) is 71.0 Å². The third-order valence-electron chi connectivity index (χ3n) is 7.77. The van der Waals surface area contributed by atoms with Crippen LogP contribution in [0.2, 0.25) is 0 Å². The number of ketones is 1. The fourth-order valence-corrected chi connectivity index (χ4v) is 6.63. The molecule has 22 heavy (non-hydrogen) atoms. The Labute approximate surface area is 132 Å². The molecule has 4 aliphatic rings. The molecule has 122 valence electrons. The third-order valence-corrected chi connectivity index (χ3v) is 7.77. The number of aliphatic hydroxyl groups excluding tert-OH is 2. The quantitative estimate of drug-likeness (QED) is 0.723. The summed E-state index contributed by atoms with van der Waals surface area (Å²) < 4.78 is 0. The third kappa shape index (κ3) is 1.85. The van der Waals surface area contributed by atoms with E-state index in [0.29, 0.717) is 24.2 Å². The SMILES string of the molecule is C[C@@]12CC[C@H](O)[C@H]1[C@@H]1C[C@@H](O)C3=CC(=O)CC[C@]3(C)[C@H]1CC2. The molecule has 3 nitrogen and oxygen atoms in total. The van der Waals surface area contributed by atoms with E-state index < -0.39 is 6.10 Å². The highest BCUT2D eigenvalue weighted by molar-refractivity contribution is 5.91. The number of rotatable bonds is 0. The zero-order valence-electron chi connectivity index (χ0n) is 13.7. The van der Waals surface area contributed by atoms with Gasteiger partial charge >= 0.3 is 0 Å². The average molecular weight is 304 g/mol. The van der Waals surface area contributed by atoms with Crippen molar-refractivity contribution in [3.05, 3.63) is 11.6 Å². The van der Waals surface area contributed by atoms with E-state index in [-0.39, 0.29) is 22.7 Å². The van der Waals surface area contributed by atoms with Crippen LogP contribution in [0.4, 0.5) is 0 Å². The minimum absolute atomic E-state index is 0.0418. The van der Waals surface area contributed by atoms with Crippen molar-refractivity contribution >= 4 is 5.78 Å². The number of hydrogen-bond acceptors (Lipinski definition) is 3. The molecular formula is C19H28O3. The summed E-state index contributed by atoms with van der Waals surface area (Å²) in [4.78, 5) is 11.8. The summed E-state index contributed by atoms with van der Waals surface area (Å²) in [6.45, 7) is 4.60. The zero-order valence-corrected chi connectivity index (χ0v) is 13.7. The summed E-state index contributed by atoms with van der Waals surface area (Å²) in [7, 11) is 0. The van der Waals surface area contributed by atoms with Gasteiger partial charge in [-0.1, -0.05) is 13.8 Å². The molecule has 0 aliphatic heterocycles. The molecule has 4 rings (SSSR count). The largest absolute Gasteiger partial charge is 0.393 e. The number of carbonyl (C=O) groups excluding carboxylic acids is 1. The summed E-state index contributed by atoms with van der Waals surface area (Å²) >= 11 is 0. The van der Waals surface area contributed by atoms with E-state index in [1.54, 1.807) is 6.08 Å². The molecule has 3 saturated carbocycles. The Hall–Kier alpha value is -0.670. The van der Waals surface area contributed by atoms with Crippen LogP contribution in [0.5, 0.6) is 0 Å². The minimum atomic E-state index is -0.495. The second-order valence-corrected chi connectivity index (χ2v) is 8.83. The van der Waals surface area contributed by atoms with E-state index in [2.05, 4.69) is 13.8 Å². The van der Waals surface area contributed by atoms with E-state index >= 15 is 0 Å². The molecule has 0 radical (unpaired) electrons. The maximum atomic E-state index is 11.8. The number of fused-ring (bicyclic) bond motifs is 5. The maximum Gasteiger partial charge on any atom is 0.155 e. The van der Waals surface area contributed by atoms with E-state index in [9.17, 15) is 15.0 Å². The monoisotopic (exact) mass is 304 g/mol. The van der Waals surface area contributed by atoms with Crippen LogP contribution in [0.1, 0.15) is 58.8 Å². The van der Waals surface area contributed by atoms with Gasteiger partial charge in [0, 0.05) is 6.42 Å². The first-order valence-corrected chi connectivity index (χ1v) is 8.96. The van der Waals surface area contributed by atoms with Crippen LogP contribution in [0.25, 0.3) is 0 Å². The molecule has 0 aromatic heterocycles. The van der Waals surface area contributed by atoms with Gasteiger partial charge in [-0.2, -0.15) is 0 Å². The van der Waals surface area contributed by atoms with Crippen molar-refractivity contribution in [2.24, 2.45) is 28.6 Å². The van der Waals surface area contributed by atoms with E-state index in [1.807, 2.05) is 0 Å². The summed E-state index contributed by atoms with van der Waals surface area (Å²) in [6, 6.07) is 0. The van der Waals surface area contributed by atoms with Gasteiger partial charge in [0.05, 0.1) is 12.2 Å². The maximum absolute atomic E-state index is 11.8. The molecule has 0 aromatic carbocycles. The fraction of sp³-hybridized carbons (Fsp3) is 0.842. The van der Waals surface area contributed by atoms with Crippen LogP contribution in [-0.2, 0) is 4.79 Å². The molecule has 0 aromatic rings. The van der Waals surface area contributed by atoms with Crippen molar-refractivity contribution < 1.29 is 15.0 Å². The molecule has 0 saturated heterocycles. The Morgan fingerprint density at radius 2 is 1.86 bits per heavy atom. The molecule has 4 aliphatic carbocycles. The van der Waals surface area contributed by atoms with Crippen molar-refractivity contribution in [3.8, 4) is 0 Å². The molecule has 0 spiro atoms. The van der Waals surface area contributed by atoms with Crippen LogP contribution >= 0.6 is 0 Å². The minimum Gasteiger partial charge on any atom is -0.393 e. The Morgan fingerprint density at radius 3 is 2.64 bits per heavy atom. The number of aliphatic hydroxyl groups is 2. The van der Waals surface area contributed by atoms with E-state index in [4.69, 9.17) is 0 Å². The average Bonchev–Trinajstić information content (AvgIpc) is 2.77. The molecule has 0 unspecified atom stereocenters. The second kappa shape index (κ2) is 4.67. The molecular weight excluding hydrogens is 276 g/mol. The smallest absolute Gasteiger partial charge is 0.155 e. The van der Waals surface area contributed by atoms with Crippen LogP contribution in [0.15, 0.2) is 11.6 Å². The van der Waals surface area contributed by atoms with Crippen LogP contribution < -0.4 is 0 Å². The van der Waals surface area contributed by atoms with Gasteiger partial charge in [-0.05, 0) is 78.8 Å². The van der Waals surface area contributed by atoms with E-state index in [1.165, 1.54) is 12.8 Å². The van der Waals surface area contributed by atoms with Crippen LogP contribution in [0, 0.1) is 28.6 Å². The van der Waals surface area contributed by atoms with Crippen molar-refractivity contribution in [2.75, 3.05) is 0 Å². The van der Waals surface area contributed by atoms with Crippen molar-refractivity contribution in [1.29, 1.82) is 0 Å². The number of hydrogen-bond donors (Lipinski definition) is 2. The van der Waals surface area contributed by atoms with Crippen molar-refractivity contribution in [1.82, 2.24) is 0 Å². The van der Waals surface area contributed by atoms with Gasteiger partial charge in [0.15, 0.2) is 5.78 Å². The van der Waals surface area contributed by atoms with Gasteiger partial charge in [-0.25, -0.2) is 0 Å². The Balaban J connectivity index is 1.75. The lowest BCUT2D eigenvalue weighted by molar-refractivity contribution is -0.121. The lowest BCUT2D eigenvalue weighted by Gasteiger charge is -2.58. The summed E-state index contributed by atoms with van der Waals surface area (Å²) in [5.41, 5.74) is 1.20. The van der Waals surface area contributed by atoms with Gasteiger partial charge in [0.2, 0.25) is 0 Å². The Kier molecular flexibility index (Phi) is 3.16. The molecule has 7 atom stereocenters. The normalized spacial score (nSPS) is 54.3. The van der Waals surface area contributed by atoms with Crippen molar-refractivity contribution in [3.63, 3.8) is 0 Å². The Morgan fingerprint density at radius 1 is 1.14 bits per heavy atom. The molecule has 3 fully saturated rings. The molecule has 0 amide bonds.